The number of carbonyl (C=O) groups excluding carboxylic acids is 4. The number of carboxylic acid groups (broad SMARTS) is 1. The molecule has 0 aromatic heterocycles. The second-order valence-electron chi connectivity index (χ2n) is 8.71. The van der Waals surface area contributed by atoms with E-state index in [9.17, 15) is 34.1 Å². The highest BCUT2D eigenvalue weighted by Crippen LogP contribution is 2.23. The summed E-state index contributed by atoms with van der Waals surface area (Å²) < 4.78 is 0. The van der Waals surface area contributed by atoms with E-state index in [0.717, 1.165) is 6.07 Å². The molecule has 2 rings (SSSR count). The first-order valence-electron chi connectivity index (χ1n) is 11.4. The molecule has 36 heavy (non-hydrogen) atoms. The van der Waals surface area contributed by atoms with Crippen molar-refractivity contribution in [3.63, 3.8) is 0 Å². The summed E-state index contributed by atoms with van der Waals surface area (Å²) in [6, 6.07) is 0.0973. The van der Waals surface area contributed by atoms with Crippen LogP contribution in [0.5, 0.6) is 0 Å². The lowest BCUT2D eigenvalue weighted by Crippen LogP contribution is -2.57. The molecule has 1 aliphatic heterocycles. The molecular formula is C22H30N6O8. The summed E-state index contributed by atoms with van der Waals surface area (Å²) in [5.41, 5.74) is 5.29. The van der Waals surface area contributed by atoms with E-state index in [1.807, 2.05) is 0 Å². The van der Waals surface area contributed by atoms with Crippen LogP contribution >= 0.6 is 0 Å². The highest BCUT2D eigenvalue weighted by Gasteiger charge is 2.32. The number of anilines is 1. The lowest BCUT2D eigenvalue weighted by molar-refractivity contribution is -0.384. The summed E-state index contributed by atoms with van der Waals surface area (Å²) in [5, 5.41) is 30.7. The number of carboxylic acids is 1. The number of amides is 4. The maximum absolute atomic E-state index is 13.1. The lowest BCUT2D eigenvalue weighted by atomic mass is 10.0. The van der Waals surface area contributed by atoms with Gasteiger partial charge in [0.2, 0.25) is 17.7 Å². The summed E-state index contributed by atoms with van der Waals surface area (Å²) in [5.74, 6) is -4.80. The Bertz CT molecular complexity index is 1040. The zero-order valence-corrected chi connectivity index (χ0v) is 19.9. The molecule has 14 heteroatoms. The molecule has 7 N–H and O–H groups in total. The summed E-state index contributed by atoms with van der Waals surface area (Å²) in [4.78, 5) is 72.6. The molecule has 0 radical (unpaired) electrons. The number of hydrogen-bond acceptors (Lipinski definition) is 8. The number of aliphatic carboxylic acids is 1. The van der Waals surface area contributed by atoms with Gasteiger partial charge in [0.25, 0.3) is 11.6 Å². The molecule has 0 unspecified atom stereocenters. The molecule has 0 bridgehead atoms. The van der Waals surface area contributed by atoms with Gasteiger partial charge in [0.05, 0.1) is 10.5 Å². The largest absolute Gasteiger partial charge is 0.481 e. The van der Waals surface area contributed by atoms with Crippen molar-refractivity contribution in [3.8, 4) is 0 Å². The van der Waals surface area contributed by atoms with E-state index < -0.39 is 65.0 Å². The minimum absolute atomic E-state index is 0.0689. The molecule has 4 amide bonds. The normalized spacial score (nSPS) is 21.5. The average Bonchev–Trinajstić information content (AvgIpc) is 2.80. The zero-order valence-electron chi connectivity index (χ0n) is 19.9. The van der Waals surface area contributed by atoms with E-state index in [-0.39, 0.29) is 36.3 Å². The Morgan fingerprint density at radius 1 is 1.17 bits per heavy atom. The maximum atomic E-state index is 13.1. The smallest absolute Gasteiger partial charge is 0.303 e. The van der Waals surface area contributed by atoms with E-state index in [1.54, 1.807) is 13.8 Å². The van der Waals surface area contributed by atoms with Crippen LogP contribution in [0, 0.1) is 16.0 Å². The molecule has 14 nitrogen and oxygen atoms in total. The number of rotatable bonds is 6. The Balaban J connectivity index is 2.48. The van der Waals surface area contributed by atoms with Crippen LogP contribution in [-0.4, -0.2) is 64.3 Å². The number of nitro groups is 1. The monoisotopic (exact) mass is 506 g/mol. The van der Waals surface area contributed by atoms with Crippen molar-refractivity contribution in [1.29, 1.82) is 0 Å². The number of non-ortho nitro benzene ring substituents is 1. The molecule has 0 fully saturated rings. The third-order valence-electron chi connectivity index (χ3n) is 5.62. The number of nitrogens with one attached hydrogen (secondary N) is 4. The number of nitrogens with zero attached hydrogens (tertiary/aromatic N) is 1. The van der Waals surface area contributed by atoms with Gasteiger partial charge >= 0.3 is 5.97 Å². The van der Waals surface area contributed by atoms with Crippen LogP contribution in [0.25, 0.3) is 0 Å². The van der Waals surface area contributed by atoms with E-state index in [2.05, 4.69) is 21.3 Å². The van der Waals surface area contributed by atoms with E-state index in [4.69, 9.17) is 10.8 Å². The van der Waals surface area contributed by atoms with Crippen molar-refractivity contribution in [1.82, 2.24) is 16.0 Å². The highest BCUT2D eigenvalue weighted by molar-refractivity contribution is 6.03. The number of benzene rings is 1. The molecular weight excluding hydrogens is 476 g/mol. The maximum Gasteiger partial charge on any atom is 0.303 e. The predicted octanol–water partition coefficient (Wildman–Crippen LogP) is -0.125. The van der Waals surface area contributed by atoms with Crippen molar-refractivity contribution < 1.29 is 34.0 Å². The number of carbonyl (C=O) groups is 5. The first-order chi connectivity index (χ1) is 16.9. The van der Waals surface area contributed by atoms with Crippen LogP contribution in [0.4, 0.5) is 11.4 Å². The number of hydrogen-bond donors (Lipinski definition) is 6. The molecule has 1 heterocycles. The van der Waals surface area contributed by atoms with Gasteiger partial charge in [-0.2, -0.15) is 0 Å². The summed E-state index contributed by atoms with van der Waals surface area (Å²) >= 11 is 0. The van der Waals surface area contributed by atoms with Crippen molar-refractivity contribution in [3.05, 3.63) is 33.9 Å². The van der Waals surface area contributed by atoms with Crippen LogP contribution in [0.15, 0.2) is 18.2 Å². The first kappa shape index (κ1) is 28.0. The van der Waals surface area contributed by atoms with Crippen molar-refractivity contribution in [2.24, 2.45) is 11.7 Å². The Hall–Kier alpha value is -4.23. The van der Waals surface area contributed by atoms with Crippen molar-refractivity contribution >= 4 is 41.0 Å². The molecule has 1 aromatic carbocycles. The molecule has 196 valence electrons. The van der Waals surface area contributed by atoms with Crippen LogP contribution < -0.4 is 27.0 Å². The van der Waals surface area contributed by atoms with E-state index >= 15 is 0 Å². The Morgan fingerprint density at radius 2 is 1.86 bits per heavy atom. The minimum Gasteiger partial charge on any atom is -0.481 e. The average molecular weight is 507 g/mol. The third kappa shape index (κ3) is 7.65. The molecule has 0 saturated heterocycles. The fourth-order valence-corrected chi connectivity index (χ4v) is 3.63. The quantitative estimate of drug-likeness (QED) is 0.223. The Morgan fingerprint density at radius 3 is 2.44 bits per heavy atom. The molecule has 0 aliphatic carbocycles. The fourth-order valence-electron chi connectivity index (χ4n) is 3.63. The number of fused-ring (bicyclic) bond motifs is 1. The molecule has 3 atom stereocenters. The molecule has 1 aromatic rings. The van der Waals surface area contributed by atoms with Gasteiger partial charge in [0.15, 0.2) is 0 Å². The van der Waals surface area contributed by atoms with Gasteiger partial charge in [-0.1, -0.05) is 13.8 Å². The van der Waals surface area contributed by atoms with Crippen LogP contribution in [0.1, 0.15) is 49.9 Å². The van der Waals surface area contributed by atoms with Gasteiger partial charge in [-0.25, -0.2) is 0 Å². The van der Waals surface area contributed by atoms with Gasteiger partial charge in [0, 0.05) is 30.8 Å². The van der Waals surface area contributed by atoms with E-state index in [0.29, 0.717) is 6.42 Å². The number of primary amides is 1. The number of nitrogens with two attached hydrogens (primary N) is 1. The second kappa shape index (κ2) is 12.5. The zero-order chi connectivity index (χ0) is 27.0. The van der Waals surface area contributed by atoms with E-state index in [1.165, 1.54) is 12.1 Å². The highest BCUT2D eigenvalue weighted by atomic mass is 16.6. The minimum atomic E-state index is -1.31. The van der Waals surface area contributed by atoms with Crippen LogP contribution in [-0.2, 0) is 19.2 Å². The topological polar surface area (TPSA) is 223 Å². The first-order valence-corrected chi connectivity index (χ1v) is 11.4. The van der Waals surface area contributed by atoms with Gasteiger partial charge in [-0.15, -0.1) is 0 Å². The second-order valence-corrected chi connectivity index (χ2v) is 8.71. The summed E-state index contributed by atoms with van der Waals surface area (Å²) in [7, 11) is 0. The predicted molar refractivity (Wildman–Crippen MR) is 127 cm³/mol. The number of nitro benzene ring substituents is 1. The van der Waals surface area contributed by atoms with Gasteiger partial charge in [0.1, 0.15) is 18.1 Å². The lowest BCUT2D eigenvalue weighted by Gasteiger charge is -2.26. The van der Waals surface area contributed by atoms with Crippen LogP contribution in [0.2, 0.25) is 0 Å². The SMILES string of the molecule is CC(C)[C@@H]1NC(=O)c2cc([N+](=O)[O-])ccc2NCCC[C@@H](C(N)=O)NC(=O)[C@H](CCC(=O)O)NC1=O. The third-order valence-corrected chi connectivity index (χ3v) is 5.62. The fraction of sp³-hybridized carbons (Fsp3) is 0.500. The van der Waals surface area contributed by atoms with Crippen molar-refractivity contribution in [2.75, 3.05) is 11.9 Å². The van der Waals surface area contributed by atoms with Crippen molar-refractivity contribution in [2.45, 2.75) is 57.7 Å². The standard InChI is InChI=1S/C22H30N6O8/c1-11(2)18-22(34)26-16(7-8-17(29)30)21(33)25-15(19(23)31)4-3-9-24-14-6-5-12(28(35)36)10-13(14)20(32)27-18/h5-6,10-11,15-16,18,24H,3-4,7-9H2,1-2H3,(H2,23,31)(H,25,33)(H,26,34)(H,27,32)(H,29,30)/t15-,16-,18-/m0/s1. The van der Waals surface area contributed by atoms with Gasteiger partial charge < -0.3 is 32.1 Å². The summed E-state index contributed by atoms with van der Waals surface area (Å²) in [6.45, 7) is 3.51. The molecule has 1 aliphatic rings. The molecule has 0 saturated carbocycles. The van der Waals surface area contributed by atoms with Crippen LogP contribution in [0.3, 0.4) is 0 Å². The Kier molecular flexibility index (Phi) is 9.70. The van der Waals surface area contributed by atoms with Gasteiger partial charge in [-0.3, -0.25) is 34.1 Å². The Labute approximate surface area is 206 Å². The molecule has 0 spiro atoms. The van der Waals surface area contributed by atoms with Gasteiger partial charge in [-0.05, 0) is 31.2 Å². The summed E-state index contributed by atoms with van der Waals surface area (Å²) in [6.07, 6.45) is -0.295.